The average molecular weight is 346 g/mol. The number of hydrogen-bond acceptors (Lipinski definition) is 2. The number of nitrogens with zero attached hydrogens (tertiary/aromatic N) is 1. The van der Waals surface area contributed by atoms with Crippen LogP contribution < -0.4 is 10.6 Å². The smallest absolute Gasteiger partial charge is 0.124 e. The van der Waals surface area contributed by atoms with E-state index < -0.39 is 0 Å². The van der Waals surface area contributed by atoms with Gasteiger partial charge in [0.1, 0.15) is 5.82 Å². The molecule has 1 aromatic rings. The van der Waals surface area contributed by atoms with Gasteiger partial charge >= 0.3 is 0 Å². The fourth-order valence-electron chi connectivity index (χ4n) is 3.30. The Morgan fingerprint density at radius 3 is 2.47 bits per heavy atom. The Kier molecular flexibility index (Phi) is 3.02. The molecule has 2 saturated heterocycles. The number of nitrogens with two attached hydrogens (primary N) is 1. The standard InChI is InChI=1S/C13H16FIN2/c14-8-1-4-13(12(15)5-8)17-10-2-3-11(17)7-9(16)6-10/h1,4-5,9-11H,2-3,6-7,16H2. The van der Waals surface area contributed by atoms with Crippen molar-refractivity contribution in [3.63, 3.8) is 0 Å². The van der Waals surface area contributed by atoms with Gasteiger partial charge in [-0.1, -0.05) is 0 Å². The maximum Gasteiger partial charge on any atom is 0.124 e. The van der Waals surface area contributed by atoms with Crippen molar-refractivity contribution in [1.29, 1.82) is 0 Å². The number of piperidine rings is 1. The largest absolute Gasteiger partial charge is 0.365 e. The summed E-state index contributed by atoms with van der Waals surface area (Å²) in [6.45, 7) is 0. The van der Waals surface area contributed by atoms with Crippen molar-refractivity contribution in [3.05, 3.63) is 27.6 Å². The van der Waals surface area contributed by atoms with E-state index in [1.165, 1.54) is 18.5 Å². The molecule has 2 unspecified atom stereocenters. The SMILES string of the molecule is NC1CC2CCC(C1)N2c1ccc(F)cc1I. The molecule has 2 fully saturated rings. The maximum absolute atomic E-state index is 13.1. The minimum absolute atomic E-state index is 0.154. The van der Waals surface area contributed by atoms with Crippen LogP contribution in [-0.2, 0) is 0 Å². The van der Waals surface area contributed by atoms with E-state index in [0.29, 0.717) is 18.1 Å². The highest BCUT2D eigenvalue weighted by atomic mass is 127. The third-order valence-electron chi connectivity index (χ3n) is 3.96. The summed E-state index contributed by atoms with van der Waals surface area (Å²) in [5.41, 5.74) is 7.26. The van der Waals surface area contributed by atoms with Crippen molar-refractivity contribution in [2.75, 3.05) is 4.90 Å². The number of benzene rings is 1. The number of halogens is 2. The minimum atomic E-state index is -0.154. The van der Waals surface area contributed by atoms with Gasteiger partial charge in [0.25, 0.3) is 0 Å². The van der Waals surface area contributed by atoms with Crippen LogP contribution in [0.1, 0.15) is 25.7 Å². The quantitative estimate of drug-likeness (QED) is 0.793. The monoisotopic (exact) mass is 346 g/mol. The summed E-state index contributed by atoms with van der Waals surface area (Å²) in [4.78, 5) is 2.48. The molecule has 2 bridgehead atoms. The zero-order valence-electron chi connectivity index (χ0n) is 9.57. The molecule has 2 aliphatic heterocycles. The predicted molar refractivity (Wildman–Crippen MR) is 75.6 cm³/mol. The normalized spacial score (nSPS) is 31.9. The highest BCUT2D eigenvalue weighted by Gasteiger charge is 2.40. The summed E-state index contributed by atoms with van der Waals surface area (Å²) in [7, 11) is 0. The molecule has 92 valence electrons. The summed E-state index contributed by atoms with van der Waals surface area (Å²) in [6, 6.07) is 6.56. The molecule has 0 amide bonds. The van der Waals surface area contributed by atoms with E-state index in [0.717, 1.165) is 16.4 Å². The van der Waals surface area contributed by atoms with E-state index in [1.54, 1.807) is 12.1 Å². The van der Waals surface area contributed by atoms with E-state index in [4.69, 9.17) is 5.73 Å². The molecule has 0 aliphatic carbocycles. The van der Waals surface area contributed by atoms with Crippen LogP contribution in [0.25, 0.3) is 0 Å². The van der Waals surface area contributed by atoms with Crippen LogP contribution in [0.3, 0.4) is 0 Å². The molecular formula is C13H16FIN2. The third-order valence-corrected chi connectivity index (χ3v) is 4.82. The predicted octanol–water partition coefficient (Wildman–Crippen LogP) is 2.89. The number of hydrogen-bond donors (Lipinski definition) is 1. The molecule has 4 heteroatoms. The van der Waals surface area contributed by atoms with E-state index in [-0.39, 0.29) is 5.82 Å². The summed E-state index contributed by atoms with van der Waals surface area (Å²) in [6.07, 6.45) is 4.60. The Hall–Kier alpha value is -0.360. The zero-order chi connectivity index (χ0) is 12.0. The van der Waals surface area contributed by atoms with Crippen molar-refractivity contribution >= 4 is 28.3 Å². The van der Waals surface area contributed by atoms with Crippen molar-refractivity contribution in [1.82, 2.24) is 0 Å². The van der Waals surface area contributed by atoms with E-state index in [2.05, 4.69) is 27.5 Å². The molecule has 0 spiro atoms. The van der Waals surface area contributed by atoms with E-state index in [9.17, 15) is 4.39 Å². The van der Waals surface area contributed by atoms with Crippen molar-refractivity contribution in [3.8, 4) is 0 Å². The van der Waals surface area contributed by atoms with Crippen LogP contribution in [0, 0.1) is 9.39 Å². The molecule has 2 N–H and O–H groups in total. The first-order valence-corrected chi connectivity index (χ1v) is 7.22. The van der Waals surface area contributed by atoms with Gasteiger partial charge in [-0.25, -0.2) is 4.39 Å². The zero-order valence-corrected chi connectivity index (χ0v) is 11.7. The summed E-state index contributed by atoms with van der Waals surface area (Å²) < 4.78 is 14.2. The Balaban J connectivity index is 1.94. The lowest BCUT2D eigenvalue weighted by Gasteiger charge is -2.40. The molecule has 2 heterocycles. The fourth-order valence-corrected chi connectivity index (χ4v) is 4.06. The molecule has 2 aliphatic rings. The van der Waals surface area contributed by atoms with Crippen molar-refractivity contribution in [2.45, 2.75) is 43.8 Å². The van der Waals surface area contributed by atoms with Crippen molar-refractivity contribution < 1.29 is 4.39 Å². The first-order valence-electron chi connectivity index (χ1n) is 6.14. The van der Waals surface area contributed by atoms with Crippen LogP contribution in [0.5, 0.6) is 0 Å². The second kappa shape index (κ2) is 4.39. The van der Waals surface area contributed by atoms with E-state index in [1.807, 2.05) is 6.07 Å². The summed E-state index contributed by atoms with van der Waals surface area (Å²) in [5.74, 6) is -0.154. The van der Waals surface area contributed by atoms with Gasteiger partial charge in [-0.2, -0.15) is 0 Å². The van der Waals surface area contributed by atoms with Crippen molar-refractivity contribution in [2.24, 2.45) is 5.73 Å². The molecule has 1 aromatic carbocycles. The third kappa shape index (κ3) is 2.05. The molecule has 2 nitrogen and oxygen atoms in total. The Labute approximate surface area is 115 Å². The number of anilines is 1. The molecule has 0 aromatic heterocycles. The first kappa shape index (κ1) is 11.7. The van der Waals surface area contributed by atoms with Gasteiger partial charge in [-0.3, -0.25) is 0 Å². The molecular weight excluding hydrogens is 330 g/mol. The lowest BCUT2D eigenvalue weighted by molar-refractivity contribution is 0.414. The van der Waals surface area contributed by atoms with Crippen LogP contribution >= 0.6 is 22.6 Å². The summed E-state index contributed by atoms with van der Waals surface area (Å²) >= 11 is 2.23. The minimum Gasteiger partial charge on any atom is -0.365 e. The topological polar surface area (TPSA) is 29.3 Å². The second-order valence-corrected chi connectivity index (χ2v) is 6.28. The lowest BCUT2D eigenvalue weighted by atomic mass is 9.97. The highest BCUT2D eigenvalue weighted by Crippen LogP contribution is 2.40. The maximum atomic E-state index is 13.1. The number of fused-ring (bicyclic) bond motifs is 2. The highest BCUT2D eigenvalue weighted by molar-refractivity contribution is 14.1. The van der Waals surface area contributed by atoms with E-state index >= 15 is 0 Å². The average Bonchev–Trinajstić information content (AvgIpc) is 2.53. The van der Waals surface area contributed by atoms with Crippen LogP contribution in [0.15, 0.2) is 18.2 Å². The molecule has 3 rings (SSSR count). The summed E-state index contributed by atoms with van der Waals surface area (Å²) in [5, 5.41) is 0. The second-order valence-electron chi connectivity index (χ2n) is 5.12. The lowest BCUT2D eigenvalue weighted by Crippen LogP contribution is -2.47. The van der Waals surface area contributed by atoms with Crippen LogP contribution in [0.4, 0.5) is 10.1 Å². The molecule has 0 saturated carbocycles. The Morgan fingerprint density at radius 2 is 1.88 bits per heavy atom. The van der Waals surface area contributed by atoms with Crippen LogP contribution in [-0.4, -0.2) is 18.1 Å². The van der Waals surface area contributed by atoms with Gasteiger partial charge < -0.3 is 10.6 Å². The Bertz CT molecular complexity index is 423. The van der Waals surface area contributed by atoms with Gasteiger partial charge in [0.2, 0.25) is 0 Å². The molecule has 2 atom stereocenters. The molecule has 0 radical (unpaired) electrons. The van der Waals surface area contributed by atoms with Crippen LogP contribution in [0.2, 0.25) is 0 Å². The van der Waals surface area contributed by atoms with Gasteiger partial charge in [-0.15, -0.1) is 0 Å². The number of rotatable bonds is 1. The first-order chi connectivity index (χ1) is 8.15. The Morgan fingerprint density at radius 1 is 1.24 bits per heavy atom. The fraction of sp³-hybridized carbons (Fsp3) is 0.538. The molecule has 17 heavy (non-hydrogen) atoms. The van der Waals surface area contributed by atoms with Gasteiger partial charge in [0.05, 0.1) is 5.69 Å². The van der Waals surface area contributed by atoms with Gasteiger partial charge in [0.15, 0.2) is 0 Å². The van der Waals surface area contributed by atoms with Gasteiger partial charge in [-0.05, 0) is 66.5 Å². The van der Waals surface area contributed by atoms with Gasteiger partial charge in [0, 0.05) is 21.7 Å².